The van der Waals surface area contributed by atoms with Gasteiger partial charge in [-0.1, -0.05) is 44.2 Å². The average Bonchev–Trinajstić information content (AvgIpc) is 3.07. The van der Waals surface area contributed by atoms with Crippen LogP contribution in [0.1, 0.15) is 71.8 Å². The van der Waals surface area contributed by atoms with Gasteiger partial charge in [0.05, 0.1) is 26.7 Å². The van der Waals surface area contributed by atoms with E-state index in [2.05, 4.69) is 31.3 Å². The Hall–Kier alpha value is -5.06. The minimum absolute atomic E-state index is 0.0338. The third kappa shape index (κ3) is 16.9. The van der Waals surface area contributed by atoms with E-state index in [0.29, 0.717) is 18.4 Å². The van der Waals surface area contributed by atoms with Crippen LogP contribution in [0.15, 0.2) is 30.3 Å². The Balaban J connectivity index is 3.03. The fourth-order valence-electron chi connectivity index (χ4n) is 4.82. The van der Waals surface area contributed by atoms with Crippen LogP contribution < -0.4 is 32.3 Å². The minimum atomic E-state index is -1.55. The van der Waals surface area contributed by atoms with Gasteiger partial charge in [0.15, 0.2) is 0 Å². The van der Waals surface area contributed by atoms with Gasteiger partial charge in [0.2, 0.25) is 35.4 Å². The molecule has 0 saturated carbocycles. The quantitative estimate of drug-likeness (QED) is 0.0558. The van der Waals surface area contributed by atoms with Crippen LogP contribution >= 0.6 is 0 Å². The molecule has 17 heteroatoms. The van der Waals surface area contributed by atoms with Gasteiger partial charge in [0.1, 0.15) is 30.2 Å². The van der Waals surface area contributed by atoms with Crippen molar-refractivity contribution in [3.8, 4) is 0 Å². The lowest BCUT2D eigenvalue weighted by molar-refractivity contribution is -0.145. The second-order valence-electron chi connectivity index (χ2n) is 12.5. The van der Waals surface area contributed by atoms with E-state index >= 15 is 0 Å². The number of carbonyl (C=O) groups excluding carboxylic acids is 8. The molecule has 1 aromatic rings. The van der Waals surface area contributed by atoms with Crippen LogP contribution in [-0.2, 0) is 54.3 Å². The standard InChI is InChI=1S/C34H52N6O11/c1-19(2)16-23(38-33(48)29(21(4)41)40-30(45)20(3)36-27(43)14-10-11-15-28(44)50-5)31(46)37-24(18-26(35)42)32(47)39-25(34(49)51-6)17-22-12-8-7-9-13-22/h7-9,12-13,19-21,23-25,29,41H,10-11,14-18H2,1-6H3,(H2,35,42)(H,36,43)(H,37,46)(H,38,48)(H,39,47)(H,40,45)/t20-,21+,23-,24-,25-,29-/m0/s1. The third-order valence-corrected chi connectivity index (χ3v) is 7.56. The second-order valence-corrected chi connectivity index (χ2v) is 12.5. The smallest absolute Gasteiger partial charge is 0.328 e. The molecule has 6 atom stereocenters. The number of carbonyl (C=O) groups is 8. The molecule has 0 aromatic heterocycles. The van der Waals surface area contributed by atoms with Crippen molar-refractivity contribution < 1.29 is 52.9 Å². The summed E-state index contributed by atoms with van der Waals surface area (Å²) in [5.41, 5.74) is 6.06. The van der Waals surface area contributed by atoms with E-state index in [0.717, 1.165) is 7.11 Å². The molecule has 0 spiro atoms. The predicted octanol–water partition coefficient (Wildman–Crippen LogP) is -1.12. The molecule has 284 valence electrons. The first kappa shape index (κ1) is 44.0. The van der Waals surface area contributed by atoms with Gasteiger partial charge in [-0.2, -0.15) is 0 Å². The SMILES string of the molecule is COC(=O)CCCCC(=O)N[C@@H](C)C(=O)N[C@H](C(=O)N[C@@H](CC(C)C)C(=O)N[C@@H](CC(N)=O)C(=O)N[C@@H](Cc1ccccc1)C(=O)OC)[C@@H](C)O. The molecule has 8 N–H and O–H groups in total. The van der Waals surface area contributed by atoms with Gasteiger partial charge in [0.25, 0.3) is 0 Å². The molecule has 0 radical (unpaired) electrons. The normalized spacial score (nSPS) is 14.4. The highest BCUT2D eigenvalue weighted by molar-refractivity contribution is 5.97. The van der Waals surface area contributed by atoms with Crippen LogP contribution in [0.25, 0.3) is 0 Å². The van der Waals surface area contributed by atoms with Gasteiger partial charge in [-0.25, -0.2) is 4.79 Å². The van der Waals surface area contributed by atoms with Crippen molar-refractivity contribution in [3.05, 3.63) is 35.9 Å². The number of aliphatic hydroxyl groups is 1. The number of unbranched alkanes of at least 4 members (excludes halogenated alkanes) is 1. The minimum Gasteiger partial charge on any atom is -0.469 e. The van der Waals surface area contributed by atoms with Crippen molar-refractivity contribution in [2.75, 3.05) is 14.2 Å². The van der Waals surface area contributed by atoms with Crippen molar-refractivity contribution in [3.63, 3.8) is 0 Å². The number of ether oxygens (including phenoxy) is 2. The Kier molecular flexibility index (Phi) is 19.5. The number of amides is 6. The number of hydrogen-bond acceptors (Lipinski definition) is 11. The second kappa shape index (κ2) is 22.6. The molecule has 0 fully saturated rings. The van der Waals surface area contributed by atoms with Crippen molar-refractivity contribution in [1.82, 2.24) is 26.6 Å². The average molecular weight is 721 g/mol. The monoisotopic (exact) mass is 720 g/mol. The molecule has 0 aliphatic heterocycles. The van der Waals surface area contributed by atoms with E-state index in [1.54, 1.807) is 44.2 Å². The largest absolute Gasteiger partial charge is 0.469 e. The molecular weight excluding hydrogens is 668 g/mol. The Morgan fingerprint density at radius 3 is 1.82 bits per heavy atom. The lowest BCUT2D eigenvalue weighted by atomic mass is 10.0. The van der Waals surface area contributed by atoms with E-state index < -0.39 is 90.1 Å². The number of nitrogens with one attached hydrogen (secondary N) is 5. The van der Waals surface area contributed by atoms with Gasteiger partial charge in [-0.15, -0.1) is 0 Å². The summed E-state index contributed by atoms with van der Waals surface area (Å²) in [7, 11) is 2.41. The molecule has 6 amide bonds. The van der Waals surface area contributed by atoms with Gasteiger partial charge in [-0.05, 0) is 44.6 Å². The number of methoxy groups -OCH3 is 2. The molecular formula is C34H52N6O11. The van der Waals surface area contributed by atoms with Crippen molar-refractivity contribution in [2.24, 2.45) is 11.7 Å². The van der Waals surface area contributed by atoms with E-state index in [1.807, 2.05) is 0 Å². The van der Waals surface area contributed by atoms with Gasteiger partial charge in [0, 0.05) is 19.3 Å². The van der Waals surface area contributed by atoms with Gasteiger partial charge in [-0.3, -0.25) is 33.6 Å². The van der Waals surface area contributed by atoms with Crippen LogP contribution in [0, 0.1) is 5.92 Å². The first-order chi connectivity index (χ1) is 24.0. The van der Waals surface area contributed by atoms with Crippen molar-refractivity contribution in [1.29, 1.82) is 0 Å². The number of rotatable bonds is 22. The zero-order valence-electron chi connectivity index (χ0n) is 30.0. The zero-order valence-corrected chi connectivity index (χ0v) is 30.0. The molecule has 17 nitrogen and oxygen atoms in total. The number of aliphatic hydroxyl groups excluding tert-OH is 1. The third-order valence-electron chi connectivity index (χ3n) is 7.56. The van der Waals surface area contributed by atoms with Crippen LogP contribution in [-0.4, -0.2) is 103 Å². The molecule has 0 saturated heterocycles. The maximum atomic E-state index is 13.5. The maximum absolute atomic E-state index is 13.5. The maximum Gasteiger partial charge on any atom is 0.328 e. The van der Waals surface area contributed by atoms with Crippen LogP contribution in [0.3, 0.4) is 0 Å². The van der Waals surface area contributed by atoms with Crippen molar-refractivity contribution in [2.45, 2.75) is 109 Å². The van der Waals surface area contributed by atoms with Crippen LogP contribution in [0.5, 0.6) is 0 Å². The molecule has 1 rings (SSSR count). The summed E-state index contributed by atoms with van der Waals surface area (Å²) in [6, 6.07) is 2.07. The van der Waals surface area contributed by atoms with E-state index in [4.69, 9.17) is 10.5 Å². The fourth-order valence-corrected chi connectivity index (χ4v) is 4.82. The topological polar surface area (TPSA) is 261 Å². The lowest BCUT2D eigenvalue weighted by Crippen LogP contribution is -2.61. The number of nitrogens with two attached hydrogens (primary N) is 1. The first-order valence-corrected chi connectivity index (χ1v) is 16.6. The lowest BCUT2D eigenvalue weighted by Gasteiger charge is -2.28. The molecule has 0 aliphatic carbocycles. The summed E-state index contributed by atoms with van der Waals surface area (Å²) < 4.78 is 9.37. The molecule has 1 aromatic carbocycles. The fraction of sp³-hybridized carbons (Fsp3) is 0.588. The highest BCUT2D eigenvalue weighted by atomic mass is 16.5. The van der Waals surface area contributed by atoms with Crippen LogP contribution in [0.2, 0.25) is 0 Å². The highest BCUT2D eigenvalue weighted by Gasteiger charge is 2.34. The summed E-state index contributed by atoms with van der Waals surface area (Å²) in [4.78, 5) is 101. The Morgan fingerprint density at radius 1 is 0.706 bits per heavy atom. The Bertz CT molecular complexity index is 1360. The molecule has 0 aliphatic rings. The van der Waals surface area contributed by atoms with E-state index in [-0.39, 0.29) is 31.6 Å². The van der Waals surface area contributed by atoms with E-state index in [1.165, 1.54) is 21.0 Å². The summed E-state index contributed by atoms with van der Waals surface area (Å²) in [5.74, 6) is -6.27. The number of esters is 2. The number of benzene rings is 1. The van der Waals surface area contributed by atoms with E-state index in [9.17, 15) is 43.5 Å². The highest BCUT2D eigenvalue weighted by Crippen LogP contribution is 2.10. The summed E-state index contributed by atoms with van der Waals surface area (Å²) in [6.07, 6.45) is -1.03. The molecule has 0 bridgehead atoms. The number of primary amides is 1. The Labute approximate surface area is 297 Å². The Morgan fingerprint density at radius 2 is 1.27 bits per heavy atom. The summed E-state index contributed by atoms with van der Waals surface area (Å²) in [5, 5.41) is 22.6. The van der Waals surface area contributed by atoms with Gasteiger partial charge < -0.3 is 46.9 Å². The number of hydrogen-bond donors (Lipinski definition) is 7. The first-order valence-electron chi connectivity index (χ1n) is 16.6. The van der Waals surface area contributed by atoms with Crippen LogP contribution in [0.4, 0.5) is 0 Å². The molecule has 0 heterocycles. The summed E-state index contributed by atoms with van der Waals surface area (Å²) in [6.45, 7) is 6.14. The zero-order chi connectivity index (χ0) is 38.7. The van der Waals surface area contributed by atoms with Gasteiger partial charge >= 0.3 is 11.9 Å². The summed E-state index contributed by atoms with van der Waals surface area (Å²) >= 11 is 0. The molecule has 51 heavy (non-hydrogen) atoms. The van der Waals surface area contributed by atoms with Crippen molar-refractivity contribution >= 4 is 47.4 Å². The predicted molar refractivity (Wildman–Crippen MR) is 183 cm³/mol. The molecule has 0 unspecified atom stereocenters.